The highest BCUT2D eigenvalue weighted by Crippen LogP contribution is 2.25. The Bertz CT molecular complexity index is 788. The summed E-state index contributed by atoms with van der Waals surface area (Å²) in [6.45, 7) is -0.279. The normalized spacial score (nSPS) is 10.5. The maximum atomic E-state index is 11.9. The molecule has 0 aromatic heterocycles. The molecule has 0 heterocycles. The highest BCUT2D eigenvalue weighted by Gasteiger charge is 2.06. The molecule has 0 atom stereocenters. The van der Waals surface area contributed by atoms with Gasteiger partial charge < -0.3 is 20.4 Å². The van der Waals surface area contributed by atoms with Crippen molar-refractivity contribution in [2.24, 2.45) is 0 Å². The highest BCUT2D eigenvalue weighted by molar-refractivity contribution is 6.02. The van der Waals surface area contributed by atoms with Gasteiger partial charge in [0.25, 0.3) is 5.09 Å². The third-order valence-corrected chi connectivity index (χ3v) is 3.03. The molecule has 0 radical (unpaired) electrons. The molecule has 0 aliphatic heterocycles. The number of hydrogen-bond acceptors (Lipinski definition) is 6. The molecular formula is C16H14N2O6. The molecule has 2 rings (SSSR count). The standard InChI is InChI=1S/C16H14N2O6/c19-14-7-5-11(9-15(14)20)6-8-16(21)17-13-4-2-1-3-12(13)10-24-18(22)23/h1-9,19-20H,10H2,(H,17,21)/b8-6+. The Kier molecular flexibility index (Phi) is 5.35. The van der Waals surface area contributed by atoms with Crippen molar-refractivity contribution in [2.45, 2.75) is 6.61 Å². The number of nitrogens with one attached hydrogen (secondary N) is 1. The Balaban J connectivity index is 2.05. The largest absolute Gasteiger partial charge is 0.504 e. The van der Waals surface area contributed by atoms with E-state index in [9.17, 15) is 25.1 Å². The third-order valence-electron chi connectivity index (χ3n) is 3.03. The van der Waals surface area contributed by atoms with Crippen molar-refractivity contribution in [1.29, 1.82) is 0 Å². The number of para-hydroxylation sites is 1. The van der Waals surface area contributed by atoms with E-state index in [-0.39, 0.29) is 18.1 Å². The summed E-state index contributed by atoms with van der Waals surface area (Å²) < 4.78 is 0. The Hall–Kier alpha value is -3.55. The highest BCUT2D eigenvalue weighted by atomic mass is 16.9. The summed E-state index contributed by atoms with van der Waals surface area (Å²) in [5, 5.41) is 30.6. The fourth-order valence-corrected chi connectivity index (χ4v) is 1.88. The van der Waals surface area contributed by atoms with Crippen molar-refractivity contribution in [2.75, 3.05) is 5.32 Å². The third kappa shape index (κ3) is 4.73. The molecular weight excluding hydrogens is 316 g/mol. The molecule has 1 amide bonds. The van der Waals surface area contributed by atoms with Crippen LogP contribution in [0, 0.1) is 10.1 Å². The number of benzene rings is 2. The predicted octanol–water partition coefficient (Wildman–Crippen LogP) is 2.46. The number of phenolic OH excluding ortho intramolecular Hbond substituents is 2. The summed E-state index contributed by atoms with van der Waals surface area (Å²) >= 11 is 0. The number of amides is 1. The number of nitrogens with zero attached hydrogens (tertiary/aromatic N) is 1. The van der Waals surface area contributed by atoms with Gasteiger partial charge in [0.15, 0.2) is 11.5 Å². The Morgan fingerprint density at radius 2 is 1.96 bits per heavy atom. The Morgan fingerprint density at radius 1 is 1.21 bits per heavy atom. The van der Waals surface area contributed by atoms with Gasteiger partial charge in [-0.15, -0.1) is 10.1 Å². The molecule has 0 fully saturated rings. The van der Waals surface area contributed by atoms with Crippen LogP contribution >= 0.6 is 0 Å². The Morgan fingerprint density at radius 3 is 2.67 bits per heavy atom. The van der Waals surface area contributed by atoms with Crippen LogP contribution in [0.4, 0.5) is 5.69 Å². The fourth-order valence-electron chi connectivity index (χ4n) is 1.88. The Labute approximate surface area is 136 Å². The number of anilines is 1. The summed E-state index contributed by atoms with van der Waals surface area (Å²) in [6, 6.07) is 10.7. The van der Waals surface area contributed by atoms with E-state index in [1.54, 1.807) is 24.3 Å². The van der Waals surface area contributed by atoms with E-state index in [2.05, 4.69) is 10.2 Å². The molecule has 124 valence electrons. The average Bonchev–Trinajstić information content (AvgIpc) is 2.55. The molecule has 3 N–H and O–H groups in total. The zero-order valence-electron chi connectivity index (χ0n) is 12.4. The van der Waals surface area contributed by atoms with E-state index < -0.39 is 11.0 Å². The lowest BCUT2D eigenvalue weighted by Gasteiger charge is -2.08. The van der Waals surface area contributed by atoms with Crippen LogP contribution in [-0.2, 0) is 16.2 Å². The first-order valence-electron chi connectivity index (χ1n) is 6.82. The van der Waals surface area contributed by atoms with E-state index in [1.807, 2.05) is 0 Å². The van der Waals surface area contributed by atoms with Crippen LogP contribution in [-0.4, -0.2) is 21.2 Å². The van der Waals surface area contributed by atoms with E-state index in [0.29, 0.717) is 16.8 Å². The second-order valence-electron chi connectivity index (χ2n) is 4.72. The summed E-state index contributed by atoms with van der Waals surface area (Å²) in [5.41, 5.74) is 1.37. The molecule has 0 aliphatic carbocycles. The second-order valence-corrected chi connectivity index (χ2v) is 4.72. The molecule has 0 bridgehead atoms. The van der Waals surface area contributed by atoms with Crippen LogP contribution in [0.2, 0.25) is 0 Å². The number of carbonyl (C=O) groups excluding carboxylic acids is 1. The van der Waals surface area contributed by atoms with Crippen LogP contribution in [0.15, 0.2) is 48.5 Å². The zero-order valence-corrected chi connectivity index (χ0v) is 12.4. The van der Waals surface area contributed by atoms with Crippen molar-refractivity contribution in [3.8, 4) is 11.5 Å². The topological polar surface area (TPSA) is 122 Å². The lowest BCUT2D eigenvalue weighted by molar-refractivity contribution is -0.762. The van der Waals surface area contributed by atoms with Gasteiger partial charge >= 0.3 is 0 Å². The maximum absolute atomic E-state index is 11.9. The van der Waals surface area contributed by atoms with Crippen molar-refractivity contribution in [3.05, 3.63) is 69.8 Å². The molecule has 8 heteroatoms. The minimum absolute atomic E-state index is 0.253. The van der Waals surface area contributed by atoms with Crippen LogP contribution in [0.25, 0.3) is 6.08 Å². The summed E-state index contributed by atoms with van der Waals surface area (Å²) in [6.07, 6.45) is 2.68. The van der Waals surface area contributed by atoms with Crippen molar-refractivity contribution < 1.29 is 24.9 Å². The van der Waals surface area contributed by atoms with Crippen LogP contribution in [0.5, 0.6) is 11.5 Å². The minimum Gasteiger partial charge on any atom is -0.504 e. The first-order valence-corrected chi connectivity index (χ1v) is 6.82. The van der Waals surface area contributed by atoms with Gasteiger partial charge in [-0.1, -0.05) is 24.3 Å². The summed E-state index contributed by atoms with van der Waals surface area (Å²) in [4.78, 5) is 26.5. The van der Waals surface area contributed by atoms with Gasteiger partial charge in [-0.3, -0.25) is 4.79 Å². The number of carbonyl (C=O) groups is 1. The molecule has 8 nitrogen and oxygen atoms in total. The first kappa shape index (κ1) is 16.8. The van der Waals surface area contributed by atoms with E-state index in [1.165, 1.54) is 30.4 Å². The smallest absolute Gasteiger partial charge is 0.294 e. The molecule has 0 aliphatic rings. The van der Waals surface area contributed by atoms with Gasteiger partial charge in [-0.2, -0.15) is 0 Å². The SMILES string of the molecule is O=C(/C=C/c1ccc(O)c(O)c1)Nc1ccccc1CO[N+](=O)[O-]. The predicted molar refractivity (Wildman–Crippen MR) is 85.7 cm³/mol. The van der Waals surface area contributed by atoms with Crippen LogP contribution in [0.1, 0.15) is 11.1 Å². The molecule has 2 aromatic carbocycles. The number of rotatable bonds is 6. The van der Waals surface area contributed by atoms with Gasteiger partial charge in [-0.05, 0) is 29.8 Å². The van der Waals surface area contributed by atoms with Crippen molar-refractivity contribution in [1.82, 2.24) is 0 Å². The molecule has 2 aromatic rings. The fraction of sp³-hybridized carbons (Fsp3) is 0.0625. The van der Waals surface area contributed by atoms with Crippen LogP contribution in [0.3, 0.4) is 0 Å². The summed E-state index contributed by atoms with van der Waals surface area (Å²) in [5.74, 6) is -1.01. The van der Waals surface area contributed by atoms with Gasteiger partial charge in [-0.25, -0.2) is 0 Å². The molecule has 0 saturated heterocycles. The second kappa shape index (κ2) is 7.63. The average molecular weight is 330 g/mol. The molecule has 0 saturated carbocycles. The lowest BCUT2D eigenvalue weighted by Crippen LogP contribution is -2.11. The number of aromatic hydroxyl groups is 2. The van der Waals surface area contributed by atoms with E-state index in [4.69, 9.17) is 0 Å². The van der Waals surface area contributed by atoms with Gasteiger partial charge in [0, 0.05) is 17.3 Å². The van der Waals surface area contributed by atoms with Gasteiger partial charge in [0.05, 0.1) is 0 Å². The van der Waals surface area contributed by atoms with Gasteiger partial charge in [0.1, 0.15) is 6.61 Å². The van der Waals surface area contributed by atoms with Crippen molar-refractivity contribution in [3.63, 3.8) is 0 Å². The molecule has 0 spiro atoms. The monoisotopic (exact) mass is 330 g/mol. The van der Waals surface area contributed by atoms with Crippen LogP contribution < -0.4 is 5.32 Å². The van der Waals surface area contributed by atoms with Crippen molar-refractivity contribution >= 4 is 17.7 Å². The maximum Gasteiger partial charge on any atom is 0.294 e. The molecule has 24 heavy (non-hydrogen) atoms. The summed E-state index contributed by atoms with van der Waals surface area (Å²) in [7, 11) is 0. The zero-order chi connectivity index (χ0) is 17.5. The molecule has 0 unspecified atom stereocenters. The first-order chi connectivity index (χ1) is 11.5. The van der Waals surface area contributed by atoms with E-state index >= 15 is 0 Å². The number of hydrogen-bond donors (Lipinski definition) is 3. The van der Waals surface area contributed by atoms with Gasteiger partial charge in [0.2, 0.25) is 5.91 Å². The minimum atomic E-state index is -0.907. The quantitative estimate of drug-likeness (QED) is 0.324. The lowest BCUT2D eigenvalue weighted by atomic mass is 10.1. The number of phenols is 2. The van der Waals surface area contributed by atoms with E-state index in [0.717, 1.165) is 0 Å².